The minimum absolute atomic E-state index is 0.0405. The Morgan fingerprint density at radius 1 is 1.28 bits per heavy atom. The molecular weight excluding hydrogens is 241 g/mol. The molecule has 0 amide bonds. The van der Waals surface area contributed by atoms with Gasteiger partial charge in [-0.3, -0.25) is 9.29 Å². The normalized spacial score (nSPS) is 16.7. The van der Waals surface area contributed by atoms with Crippen molar-refractivity contribution in [2.45, 2.75) is 19.4 Å². The van der Waals surface area contributed by atoms with E-state index in [9.17, 15) is 13.2 Å². The van der Waals surface area contributed by atoms with E-state index in [1.54, 1.807) is 0 Å². The number of nitrogens with zero attached hydrogens (tertiary/aromatic N) is 1. The summed E-state index contributed by atoms with van der Waals surface area (Å²) in [6, 6.07) is 2.80. The monoisotopic (exact) mass is 258 g/mol. The van der Waals surface area contributed by atoms with Gasteiger partial charge in [-0.15, -0.1) is 0 Å². The molecule has 2 rings (SSSR count). The van der Waals surface area contributed by atoms with Crippen LogP contribution in [-0.4, -0.2) is 37.3 Å². The highest BCUT2D eigenvalue weighted by atomic mass is 19.1. The van der Waals surface area contributed by atoms with E-state index < -0.39 is 11.6 Å². The van der Waals surface area contributed by atoms with Crippen molar-refractivity contribution in [1.29, 1.82) is 0 Å². The molecule has 1 aromatic carbocycles. The van der Waals surface area contributed by atoms with Crippen LogP contribution in [0.4, 0.5) is 18.9 Å². The fourth-order valence-electron chi connectivity index (χ4n) is 2.09. The molecule has 0 saturated carbocycles. The lowest BCUT2D eigenvalue weighted by molar-refractivity contribution is 0.155. The van der Waals surface area contributed by atoms with Gasteiger partial charge in [0.1, 0.15) is 11.6 Å². The third kappa shape index (κ3) is 2.96. The minimum Gasteiger partial charge on any atom is -0.380 e. The van der Waals surface area contributed by atoms with Crippen LogP contribution in [0.15, 0.2) is 12.1 Å². The first-order valence-corrected chi connectivity index (χ1v) is 6.10. The van der Waals surface area contributed by atoms with Crippen molar-refractivity contribution in [2.24, 2.45) is 0 Å². The van der Waals surface area contributed by atoms with Gasteiger partial charge in [-0.05, 0) is 25.5 Å². The number of anilines is 1. The summed E-state index contributed by atoms with van der Waals surface area (Å²) in [7, 11) is 0. The molecule has 0 bridgehead atoms. The van der Waals surface area contributed by atoms with Crippen molar-refractivity contribution in [2.75, 3.05) is 31.6 Å². The topological polar surface area (TPSA) is 15.3 Å². The zero-order valence-corrected chi connectivity index (χ0v) is 10.3. The molecule has 0 spiro atoms. The number of rotatable bonds is 5. The second kappa shape index (κ2) is 5.61. The van der Waals surface area contributed by atoms with Crippen molar-refractivity contribution < 1.29 is 13.2 Å². The van der Waals surface area contributed by atoms with Gasteiger partial charge in [-0.2, -0.15) is 0 Å². The molecule has 18 heavy (non-hydrogen) atoms. The van der Waals surface area contributed by atoms with Crippen LogP contribution in [0.5, 0.6) is 0 Å². The Labute approximate surface area is 105 Å². The zero-order valence-electron chi connectivity index (χ0n) is 10.3. The second-order valence-electron chi connectivity index (χ2n) is 4.71. The fraction of sp³-hybridized carbons (Fsp3) is 0.538. The lowest BCUT2D eigenvalue weighted by Crippen LogP contribution is -2.54. The highest BCUT2D eigenvalue weighted by molar-refractivity contribution is 5.47. The average Bonchev–Trinajstić information content (AvgIpc) is 2.28. The van der Waals surface area contributed by atoms with Crippen LogP contribution in [0.2, 0.25) is 0 Å². The Kier molecular flexibility index (Phi) is 4.11. The first-order valence-electron chi connectivity index (χ1n) is 6.10. The lowest BCUT2D eigenvalue weighted by atomic mass is 10.1. The van der Waals surface area contributed by atoms with E-state index in [1.165, 1.54) is 19.1 Å². The van der Waals surface area contributed by atoms with Crippen LogP contribution in [0.1, 0.15) is 12.0 Å². The van der Waals surface area contributed by atoms with Gasteiger partial charge in [-0.25, -0.2) is 8.78 Å². The Morgan fingerprint density at radius 3 is 2.44 bits per heavy atom. The van der Waals surface area contributed by atoms with Gasteiger partial charge in [0.25, 0.3) is 0 Å². The number of alkyl halides is 1. The summed E-state index contributed by atoms with van der Waals surface area (Å²) >= 11 is 0. The Morgan fingerprint density at radius 2 is 1.89 bits per heavy atom. The van der Waals surface area contributed by atoms with Gasteiger partial charge >= 0.3 is 0 Å². The third-order valence-corrected chi connectivity index (χ3v) is 3.22. The van der Waals surface area contributed by atoms with Gasteiger partial charge in [0.05, 0.1) is 12.7 Å². The molecule has 1 fully saturated rings. The molecule has 1 saturated heterocycles. The number of hydrogen-bond acceptors (Lipinski definition) is 2. The summed E-state index contributed by atoms with van der Waals surface area (Å²) in [5, 5.41) is 3.08. The molecule has 1 N–H and O–H groups in total. The quantitative estimate of drug-likeness (QED) is 0.873. The van der Waals surface area contributed by atoms with Crippen molar-refractivity contribution in [3.63, 3.8) is 0 Å². The van der Waals surface area contributed by atoms with Gasteiger partial charge in [-0.1, -0.05) is 0 Å². The molecule has 0 aliphatic carbocycles. The van der Waals surface area contributed by atoms with Crippen LogP contribution in [0.25, 0.3) is 0 Å². The number of benzene rings is 1. The van der Waals surface area contributed by atoms with E-state index in [1.807, 2.05) is 0 Å². The van der Waals surface area contributed by atoms with E-state index >= 15 is 0 Å². The Hall–Kier alpha value is -1.23. The maximum absolute atomic E-state index is 13.3. The Balaban J connectivity index is 1.85. The van der Waals surface area contributed by atoms with E-state index in [4.69, 9.17) is 0 Å². The largest absolute Gasteiger partial charge is 0.380 e. The molecule has 0 unspecified atom stereocenters. The molecule has 0 radical (unpaired) electrons. The average molecular weight is 258 g/mol. The van der Waals surface area contributed by atoms with E-state index in [-0.39, 0.29) is 18.3 Å². The summed E-state index contributed by atoms with van der Waals surface area (Å²) in [6.45, 7) is 3.43. The molecule has 1 heterocycles. The standard InChI is InChI=1S/C13H17F3N2/c1-9-12(15)5-10(6-13(9)16)17-11-7-18(8-11)4-2-3-14/h5-6,11,17H,2-4,7-8H2,1H3. The molecule has 5 heteroatoms. The van der Waals surface area contributed by atoms with E-state index in [0.29, 0.717) is 12.1 Å². The second-order valence-corrected chi connectivity index (χ2v) is 4.71. The highest BCUT2D eigenvalue weighted by Crippen LogP contribution is 2.20. The van der Waals surface area contributed by atoms with Crippen LogP contribution < -0.4 is 5.32 Å². The molecule has 0 atom stereocenters. The van der Waals surface area contributed by atoms with Gasteiger partial charge in [0.2, 0.25) is 0 Å². The molecular formula is C13H17F3N2. The highest BCUT2D eigenvalue weighted by Gasteiger charge is 2.26. The van der Waals surface area contributed by atoms with Crippen molar-refractivity contribution in [3.8, 4) is 0 Å². The molecule has 0 aromatic heterocycles. The molecule has 1 aliphatic rings. The summed E-state index contributed by atoms with van der Waals surface area (Å²) in [5.74, 6) is -1.07. The van der Waals surface area contributed by atoms with Gasteiger partial charge < -0.3 is 5.32 Å². The van der Waals surface area contributed by atoms with Crippen molar-refractivity contribution in [3.05, 3.63) is 29.3 Å². The van der Waals surface area contributed by atoms with Crippen LogP contribution in [0, 0.1) is 18.6 Å². The third-order valence-electron chi connectivity index (χ3n) is 3.22. The zero-order chi connectivity index (χ0) is 13.1. The predicted octanol–water partition coefficient (Wildman–Crippen LogP) is 2.73. The maximum atomic E-state index is 13.3. The van der Waals surface area contributed by atoms with Crippen LogP contribution in [-0.2, 0) is 0 Å². The minimum atomic E-state index is -0.536. The number of halogens is 3. The molecule has 1 aromatic rings. The number of hydrogen-bond donors (Lipinski definition) is 1. The molecule has 1 aliphatic heterocycles. The van der Waals surface area contributed by atoms with Crippen molar-refractivity contribution in [1.82, 2.24) is 4.90 Å². The van der Waals surface area contributed by atoms with Crippen LogP contribution >= 0.6 is 0 Å². The van der Waals surface area contributed by atoms with E-state index in [2.05, 4.69) is 10.2 Å². The molecule has 100 valence electrons. The first kappa shape index (κ1) is 13.2. The SMILES string of the molecule is Cc1c(F)cc(NC2CN(CCCF)C2)cc1F. The summed E-state index contributed by atoms with van der Waals surface area (Å²) in [4.78, 5) is 2.11. The summed E-state index contributed by atoms with van der Waals surface area (Å²) < 4.78 is 38.6. The summed E-state index contributed by atoms with van der Waals surface area (Å²) in [5.41, 5.74) is 0.504. The van der Waals surface area contributed by atoms with Crippen LogP contribution in [0.3, 0.4) is 0 Å². The number of likely N-dealkylation sites (tertiary alicyclic amines) is 1. The van der Waals surface area contributed by atoms with Crippen molar-refractivity contribution >= 4 is 5.69 Å². The van der Waals surface area contributed by atoms with Gasteiger partial charge in [0, 0.05) is 30.9 Å². The fourth-order valence-corrected chi connectivity index (χ4v) is 2.09. The smallest absolute Gasteiger partial charge is 0.131 e. The first-order chi connectivity index (χ1) is 8.60. The predicted molar refractivity (Wildman–Crippen MR) is 65.5 cm³/mol. The maximum Gasteiger partial charge on any atom is 0.131 e. The lowest BCUT2D eigenvalue weighted by Gasteiger charge is -2.40. The van der Waals surface area contributed by atoms with E-state index in [0.717, 1.165) is 19.6 Å². The summed E-state index contributed by atoms with van der Waals surface area (Å²) in [6.07, 6.45) is 0.542. The number of nitrogens with one attached hydrogen (secondary N) is 1. The Bertz CT molecular complexity index is 394. The van der Waals surface area contributed by atoms with Gasteiger partial charge in [0.15, 0.2) is 0 Å². The molecule has 2 nitrogen and oxygen atoms in total.